The van der Waals surface area contributed by atoms with E-state index in [0.717, 1.165) is 42.5 Å². The summed E-state index contributed by atoms with van der Waals surface area (Å²) in [5.41, 5.74) is 8.03. The molecule has 2 heterocycles. The number of nitrogens with zero attached hydrogens (tertiary/aromatic N) is 2. The van der Waals surface area contributed by atoms with Gasteiger partial charge < -0.3 is 10.3 Å². The molecule has 1 atom stereocenters. The lowest BCUT2D eigenvalue weighted by Gasteiger charge is -2.19. The summed E-state index contributed by atoms with van der Waals surface area (Å²) in [5, 5.41) is 2.09. The Labute approximate surface area is 195 Å². The summed E-state index contributed by atoms with van der Waals surface area (Å²) < 4.78 is 2.36. The van der Waals surface area contributed by atoms with Gasteiger partial charge in [-0.15, -0.1) is 11.3 Å². The number of carbonyl (C=O) groups excluding carboxylic acids is 2. The van der Waals surface area contributed by atoms with Gasteiger partial charge in [0.25, 0.3) is 0 Å². The van der Waals surface area contributed by atoms with Crippen molar-refractivity contribution in [3.8, 4) is 0 Å². The molecule has 0 aliphatic heterocycles. The molecule has 1 amide bonds. The SMILES string of the molecule is CCC(CC)n1c(Cc2cccs2)nc2cc(C(=O)CC(CC(N)=O)CC(C)C)ccc21. The van der Waals surface area contributed by atoms with Crippen molar-refractivity contribution in [2.75, 3.05) is 0 Å². The van der Waals surface area contributed by atoms with Crippen LogP contribution in [0, 0.1) is 11.8 Å². The second-order valence-electron chi connectivity index (χ2n) is 9.12. The molecule has 0 saturated heterocycles. The fourth-order valence-electron chi connectivity index (χ4n) is 4.65. The summed E-state index contributed by atoms with van der Waals surface area (Å²) in [4.78, 5) is 30.8. The van der Waals surface area contributed by atoms with Crippen LogP contribution in [0.2, 0.25) is 0 Å². The number of imidazole rings is 1. The van der Waals surface area contributed by atoms with Gasteiger partial charge in [-0.1, -0.05) is 33.8 Å². The maximum absolute atomic E-state index is 13.1. The van der Waals surface area contributed by atoms with Crippen LogP contribution in [-0.2, 0) is 11.2 Å². The van der Waals surface area contributed by atoms with Crippen LogP contribution < -0.4 is 5.73 Å². The Bertz CT molecular complexity index is 1050. The maximum Gasteiger partial charge on any atom is 0.217 e. The number of amides is 1. The van der Waals surface area contributed by atoms with Crippen molar-refractivity contribution in [3.05, 3.63) is 52.0 Å². The molecule has 0 radical (unpaired) electrons. The molecule has 6 heteroatoms. The van der Waals surface area contributed by atoms with E-state index in [-0.39, 0.29) is 24.0 Å². The Hall–Kier alpha value is -2.47. The van der Waals surface area contributed by atoms with Crippen molar-refractivity contribution in [1.29, 1.82) is 0 Å². The Morgan fingerprint density at radius 1 is 1.12 bits per heavy atom. The average Bonchev–Trinajstić information content (AvgIpc) is 3.36. The van der Waals surface area contributed by atoms with E-state index in [2.05, 4.69) is 49.8 Å². The highest BCUT2D eigenvalue weighted by Gasteiger charge is 2.21. The lowest BCUT2D eigenvalue weighted by atomic mass is 9.88. The zero-order valence-electron chi connectivity index (χ0n) is 19.6. The Morgan fingerprint density at radius 3 is 2.47 bits per heavy atom. The van der Waals surface area contributed by atoms with Crippen LogP contribution in [0.4, 0.5) is 0 Å². The predicted molar refractivity (Wildman–Crippen MR) is 132 cm³/mol. The molecule has 5 nitrogen and oxygen atoms in total. The Kier molecular flexibility index (Phi) is 8.24. The van der Waals surface area contributed by atoms with Crippen molar-refractivity contribution in [1.82, 2.24) is 9.55 Å². The van der Waals surface area contributed by atoms with Gasteiger partial charge in [-0.3, -0.25) is 9.59 Å². The Balaban J connectivity index is 1.93. The molecule has 172 valence electrons. The molecule has 1 unspecified atom stereocenters. The van der Waals surface area contributed by atoms with E-state index in [1.165, 1.54) is 4.88 Å². The molecule has 1 aromatic carbocycles. The van der Waals surface area contributed by atoms with Crippen LogP contribution in [0.3, 0.4) is 0 Å². The van der Waals surface area contributed by atoms with Crippen LogP contribution >= 0.6 is 11.3 Å². The van der Waals surface area contributed by atoms with Gasteiger partial charge in [-0.05, 0) is 60.7 Å². The van der Waals surface area contributed by atoms with E-state index in [9.17, 15) is 9.59 Å². The zero-order valence-corrected chi connectivity index (χ0v) is 20.5. The summed E-state index contributed by atoms with van der Waals surface area (Å²) in [6.45, 7) is 8.62. The number of thiophene rings is 1. The third-order valence-electron chi connectivity index (χ3n) is 6.07. The van der Waals surface area contributed by atoms with E-state index >= 15 is 0 Å². The molecule has 3 rings (SSSR count). The van der Waals surface area contributed by atoms with Crippen molar-refractivity contribution >= 4 is 34.1 Å². The maximum atomic E-state index is 13.1. The minimum absolute atomic E-state index is 0.0211. The fraction of sp³-hybridized carbons (Fsp3) is 0.500. The van der Waals surface area contributed by atoms with Crippen molar-refractivity contribution in [2.24, 2.45) is 17.6 Å². The van der Waals surface area contributed by atoms with Crippen LogP contribution in [0.15, 0.2) is 35.7 Å². The largest absolute Gasteiger partial charge is 0.370 e. The highest BCUT2D eigenvalue weighted by Crippen LogP contribution is 2.29. The molecular weight excluding hydrogens is 418 g/mol. The van der Waals surface area contributed by atoms with Gasteiger partial charge in [-0.2, -0.15) is 0 Å². The van der Waals surface area contributed by atoms with Crippen molar-refractivity contribution in [3.63, 3.8) is 0 Å². The normalized spacial score (nSPS) is 12.7. The topological polar surface area (TPSA) is 78.0 Å². The number of fused-ring (bicyclic) bond motifs is 1. The summed E-state index contributed by atoms with van der Waals surface area (Å²) in [6, 6.07) is 10.5. The zero-order chi connectivity index (χ0) is 23.3. The first kappa shape index (κ1) is 24.2. The summed E-state index contributed by atoms with van der Waals surface area (Å²) in [6.07, 6.45) is 4.25. The van der Waals surface area contributed by atoms with Gasteiger partial charge >= 0.3 is 0 Å². The quantitative estimate of drug-likeness (QED) is 0.334. The number of hydrogen-bond donors (Lipinski definition) is 1. The number of primary amides is 1. The smallest absolute Gasteiger partial charge is 0.217 e. The molecule has 3 aromatic rings. The number of Topliss-reactive ketones (excluding diaryl/α,β-unsaturated/α-hetero) is 1. The standard InChI is InChI=1S/C26H35N3O2S/c1-5-20(6-2)29-23-10-9-19(24(30)13-18(12-17(3)4)14-25(27)31)15-22(23)28-26(29)16-21-8-7-11-32-21/h7-11,15,17-18,20H,5-6,12-14,16H2,1-4H3,(H2,27,31). The number of benzene rings is 1. The molecule has 0 aliphatic carbocycles. The van der Waals surface area contributed by atoms with Gasteiger partial charge in [0.1, 0.15) is 5.82 Å². The number of nitrogens with two attached hydrogens (primary N) is 1. The van der Waals surface area contributed by atoms with Crippen LogP contribution in [0.25, 0.3) is 11.0 Å². The third-order valence-corrected chi connectivity index (χ3v) is 6.95. The van der Waals surface area contributed by atoms with Crippen molar-refractivity contribution in [2.45, 2.75) is 72.3 Å². The highest BCUT2D eigenvalue weighted by molar-refractivity contribution is 7.09. The highest BCUT2D eigenvalue weighted by atomic mass is 32.1. The number of aromatic nitrogens is 2. The van der Waals surface area contributed by atoms with Crippen LogP contribution in [0.1, 0.15) is 86.9 Å². The minimum atomic E-state index is -0.346. The number of rotatable bonds is 12. The van der Waals surface area contributed by atoms with Crippen LogP contribution in [-0.4, -0.2) is 21.2 Å². The second-order valence-corrected chi connectivity index (χ2v) is 10.2. The monoisotopic (exact) mass is 453 g/mol. The summed E-state index contributed by atoms with van der Waals surface area (Å²) in [5.74, 6) is 1.14. The molecule has 0 spiro atoms. The molecule has 0 fully saturated rings. The van der Waals surface area contributed by atoms with Gasteiger partial charge in [0.15, 0.2) is 5.78 Å². The molecule has 2 N–H and O–H groups in total. The fourth-order valence-corrected chi connectivity index (χ4v) is 5.35. The number of carbonyl (C=O) groups is 2. The van der Waals surface area contributed by atoms with Crippen molar-refractivity contribution < 1.29 is 9.59 Å². The van der Waals surface area contributed by atoms with Gasteiger partial charge in [0.05, 0.1) is 11.0 Å². The van der Waals surface area contributed by atoms with Gasteiger partial charge in [0, 0.05) is 35.7 Å². The first-order chi connectivity index (χ1) is 15.3. The van der Waals surface area contributed by atoms with E-state index in [1.807, 2.05) is 18.2 Å². The Morgan fingerprint density at radius 2 is 1.88 bits per heavy atom. The van der Waals surface area contributed by atoms with E-state index in [0.29, 0.717) is 23.9 Å². The summed E-state index contributed by atoms with van der Waals surface area (Å²) >= 11 is 1.74. The predicted octanol–water partition coefficient (Wildman–Crippen LogP) is 6.16. The first-order valence-electron chi connectivity index (χ1n) is 11.7. The molecule has 2 aromatic heterocycles. The van der Waals surface area contributed by atoms with Crippen LogP contribution in [0.5, 0.6) is 0 Å². The van der Waals surface area contributed by atoms with Gasteiger partial charge in [0.2, 0.25) is 5.91 Å². The van der Waals surface area contributed by atoms with E-state index in [1.54, 1.807) is 11.3 Å². The molecule has 0 saturated carbocycles. The molecular formula is C26H35N3O2S. The number of hydrogen-bond acceptors (Lipinski definition) is 4. The molecule has 0 aliphatic rings. The van der Waals surface area contributed by atoms with E-state index < -0.39 is 0 Å². The lowest BCUT2D eigenvalue weighted by molar-refractivity contribution is -0.119. The molecule has 32 heavy (non-hydrogen) atoms. The molecule has 0 bridgehead atoms. The average molecular weight is 454 g/mol. The minimum Gasteiger partial charge on any atom is -0.370 e. The van der Waals surface area contributed by atoms with E-state index in [4.69, 9.17) is 10.7 Å². The second kappa shape index (κ2) is 10.9. The first-order valence-corrected chi connectivity index (χ1v) is 12.5. The summed E-state index contributed by atoms with van der Waals surface area (Å²) in [7, 11) is 0. The third kappa shape index (κ3) is 5.85. The number of ketones is 1. The van der Waals surface area contributed by atoms with Gasteiger partial charge in [-0.25, -0.2) is 4.98 Å². The lowest BCUT2D eigenvalue weighted by Crippen LogP contribution is -2.20.